The Kier molecular flexibility index (Phi) is 5.60. The zero-order valence-electron chi connectivity index (χ0n) is 14.6. The van der Waals surface area contributed by atoms with Gasteiger partial charge in [0.25, 0.3) is 0 Å². The third kappa shape index (κ3) is 4.50. The molecule has 0 amide bonds. The zero-order valence-corrected chi connectivity index (χ0v) is 14.6. The van der Waals surface area contributed by atoms with E-state index >= 15 is 0 Å². The lowest BCUT2D eigenvalue weighted by Gasteiger charge is -2.41. The van der Waals surface area contributed by atoms with Crippen LogP contribution in [0.3, 0.4) is 0 Å². The SMILES string of the molecule is CC1(C)CCCC(C2CCCCCCCC2)C(C)(C)C1. The molecule has 0 nitrogen and oxygen atoms in total. The second-order valence-electron chi connectivity index (χ2n) is 9.29. The highest BCUT2D eigenvalue weighted by Gasteiger charge is 2.40. The van der Waals surface area contributed by atoms with Crippen molar-refractivity contribution in [3.8, 4) is 0 Å². The Morgan fingerprint density at radius 3 is 1.80 bits per heavy atom. The minimum Gasteiger partial charge on any atom is -0.0599 e. The summed E-state index contributed by atoms with van der Waals surface area (Å²) >= 11 is 0. The first-order chi connectivity index (χ1) is 9.41. The van der Waals surface area contributed by atoms with Crippen molar-refractivity contribution in [2.75, 3.05) is 0 Å². The lowest BCUT2D eigenvalue weighted by Crippen LogP contribution is -2.32. The Morgan fingerprint density at radius 2 is 1.20 bits per heavy atom. The molecule has 2 rings (SSSR count). The number of hydrogen-bond donors (Lipinski definition) is 0. The van der Waals surface area contributed by atoms with Gasteiger partial charge in [0.2, 0.25) is 0 Å². The lowest BCUT2D eigenvalue weighted by atomic mass is 9.64. The predicted molar refractivity (Wildman–Crippen MR) is 89.9 cm³/mol. The highest BCUT2D eigenvalue weighted by atomic mass is 14.5. The van der Waals surface area contributed by atoms with Crippen LogP contribution in [0.1, 0.15) is 105 Å². The first-order valence-corrected chi connectivity index (χ1v) is 9.41. The highest BCUT2D eigenvalue weighted by molar-refractivity contribution is 4.91. The Labute approximate surface area is 128 Å². The first-order valence-electron chi connectivity index (χ1n) is 9.41. The Bertz CT molecular complexity index is 276. The second-order valence-corrected chi connectivity index (χ2v) is 9.29. The van der Waals surface area contributed by atoms with Crippen LogP contribution in [0.2, 0.25) is 0 Å². The Balaban J connectivity index is 2.07. The molecule has 0 bridgehead atoms. The summed E-state index contributed by atoms with van der Waals surface area (Å²) in [7, 11) is 0. The van der Waals surface area contributed by atoms with Gasteiger partial charge in [-0.3, -0.25) is 0 Å². The summed E-state index contributed by atoms with van der Waals surface area (Å²) in [6.45, 7) is 10.2. The van der Waals surface area contributed by atoms with Gasteiger partial charge >= 0.3 is 0 Å². The van der Waals surface area contributed by atoms with Gasteiger partial charge in [-0.15, -0.1) is 0 Å². The largest absolute Gasteiger partial charge is 0.0599 e. The summed E-state index contributed by atoms with van der Waals surface area (Å²) in [6.07, 6.45) is 17.9. The van der Waals surface area contributed by atoms with Gasteiger partial charge in [-0.1, -0.05) is 85.5 Å². The second kappa shape index (κ2) is 6.84. The van der Waals surface area contributed by atoms with Crippen molar-refractivity contribution < 1.29 is 0 Å². The smallest absolute Gasteiger partial charge is 0.0318 e. The van der Waals surface area contributed by atoms with Crippen molar-refractivity contribution in [2.24, 2.45) is 22.7 Å². The normalized spacial score (nSPS) is 32.7. The molecule has 2 saturated carbocycles. The molecule has 0 aromatic heterocycles. The average molecular weight is 279 g/mol. The van der Waals surface area contributed by atoms with E-state index in [0.29, 0.717) is 10.8 Å². The maximum Gasteiger partial charge on any atom is -0.0318 e. The van der Waals surface area contributed by atoms with Crippen LogP contribution in [0.5, 0.6) is 0 Å². The molecule has 0 aliphatic heterocycles. The molecule has 1 atom stereocenters. The van der Waals surface area contributed by atoms with Crippen LogP contribution in [0.4, 0.5) is 0 Å². The van der Waals surface area contributed by atoms with E-state index in [9.17, 15) is 0 Å². The summed E-state index contributed by atoms with van der Waals surface area (Å²) in [4.78, 5) is 0. The lowest BCUT2D eigenvalue weighted by molar-refractivity contribution is 0.0845. The van der Waals surface area contributed by atoms with Crippen LogP contribution < -0.4 is 0 Å². The van der Waals surface area contributed by atoms with Crippen molar-refractivity contribution >= 4 is 0 Å². The maximum absolute atomic E-state index is 2.58. The Morgan fingerprint density at radius 1 is 0.650 bits per heavy atom. The molecule has 2 aliphatic carbocycles. The van der Waals surface area contributed by atoms with E-state index in [2.05, 4.69) is 27.7 Å². The summed E-state index contributed by atoms with van der Waals surface area (Å²) in [5.41, 5.74) is 1.12. The summed E-state index contributed by atoms with van der Waals surface area (Å²) < 4.78 is 0. The fourth-order valence-corrected chi connectivity index (χ4v) is 5.58. The molecule has 2 aliphatic rings. The summed E-state index contributed by atoms with van der Waals surface area (Å²) in [5, 5.41) is 0. The van der Waals surface area contributed by atoms with Gasteiger partial charge in [-0.05, 0) is 41.9 Å². The van der Waals surface area contributed by atoms with E-state index in [1.165, 1.54) is 77.0 Å². The molecule has 0 heteroatoms. The average Bonchev–Trinajstić information content (AvgIpc) is 2.43. The minimum absolute atomic E-state index is 0.554. The molecule has 0 aromatic rings. The molecule has 20 heavy (non-hydrogen) atoms. The van der Waals surface area contributed by atoms with Crippen molar-refractivity contribution in [2.45, 2.75) is 105 Å². The molecule has 0 aromatic carbocycles. The highest BCUT2D eigenvalue weighted by Crippen LogP contribution is 2.51. The van der Waals surface area contributed by atoms with E-state index in [-0.39, 0.29) is 0 Å². The van der Waals surface area contributed by atoms with E-state index < -0.39 is 0 Å². The van der Waals surface area contributed by atoms with Gasteiger partial charge in [-0.2, -0.15) is 0 Å². The molecular weight excluding hydrogens is 240 g/mol. The zero-order chi connectivity index (χ0) is 14.6. The quantitative estimate of drug-likeness (QED) is 0.454. The predicted octanol–water partition coefficient (Wildman–Crippen LogP) is 6.98. The molecule has 118 valence electrons. The first kappa shape index (κ1) is 16.4. The van der Waals surface area contributed by atoms with Gasteiger partial charge in [-0.25, -0.2) is 0 Å². The van der Waals surface area contributed by atoms with Crippen molar-refractivity contribution in [1.82, 2.24) is 0 Å². The third-order valence-electron chi connectivity index (χ3n) is 6.28. The fraction of sp³-hybridized carbons (Fsp3) is 1.00. The summed E-state index contributed by atoms with van der Waals surface area (Å²) in [5.74, 6) is 2.01. The van der Waals surface area contributed by atoms with Crippen LogP contribution >= 0.6 is 0 Å². The van der Waals surface area contributed by atoms with E-state index in [1.54, 1.807) is 0 Å². The third-order valence-corrected chi connectivity index (χ3v) is 6.28. The van der Waals surface area contributed by atoms with Crippen molar-refractivity contribution in [1.29, 1.82) is 0 Å². The molecule has 1 unspecified atom stereocenters. The molecule has 2 fully saturated rings. The van der Waals surface area contributed by atoms with E-state index in [1.807, 2.05) is 0 Å². The molecular formula is C20H38. The van der Waals surface area contributed by atoms with Gasteiger partial charge in [0, 0.05) is 0 Å². The Hall–Kier alpha value is 0. The van der Waals surface area contributed by atoms with Gasteiger partial charge in [0.05, 0.1) is 0 Å². The summed E-state index contributed by atoms with van der Waals surface area (Å²) in [6, 6.07) is 0. The number of hydrogen-bond acceptors (Lipinski definition) is 0. The molecule has 0 saturated heterocycles. The van der Waals surface area contributed by atoms with Crippen molar-refractivity contribution in [3.63, 3.8) is 0 Å². The van der Waals surface area contributed by atoms with E-state index in [4.69, 9.17) is 0 Å². The van der Waals surface area contributed by atoms with Crippen LogP contribution in [-0.2, 0) is 0 Å². The molecule has 0 N–H and O–H groups in total. The minimum atomic E-state index is 0.554. The van der Waals surface area contributed by atoms with E-state index in [0.717, 1.165) is 11.8 Å². The van der Waals surface area contributed by atoms with Crippen LogP contribution in [-0.4, -0.2) is 0 Å². The fourth-order valence-electron chi connectivity index (χ4n) is 5.58. The number of rotatable bonds is 1. The monoisotopic (exact) mass is 278 g/mol. The van der Waals surface area contributed by atoms with Gasteiger partial charge in [0.15, 0.2) is 0 Å². The maximum atomic E-state index is 2.58. The van der Waals surface area contributed by atoms with Gasteiger partial charge in [0.1, 0.15) is 0 Å². The molecule has 0 spiro atoms. The van der Waals surface area contributed by atoms with Crippen molar-refractivity contribution in [3.05, 3.63) is 0 Å². The standard InChI is InChI=1S/C20H38/c1-19(2)15-11-14-18(20(3,4)16-19)17-12-9-7-5-6-8-10-13-17/h17-18H,5-16H2,1-4H3. The molecule has 0 heterocycles. The van der Waals surface area contributed by atoms with Crippen LogP contribution in [0.25, 0.3) is 0 Å². The van der Waals surface area contributed by atoms with Crippen LogP contribution in [0, 0.1) is 22.7 Å². The topological polar surface area (TPSA) is 0 Å². The molecule has 0 radical (unpaired) electrons. The van der Waals surface area contributed by atoms with Crippen LogP contribution in [0.15, 0.2) is 0 Å². The van der Waals surface area contributed by atoms with Gasteiger partial charge < -0.3 is 0 Å².